The van der Waals surface area contributed by atoms with Gasteiger partial charge in [0.2, 0.25) is 10.0 Å². The van der Waals surface area contributed by atoms with Crippen molar-refractivity contribution in [3.63, 3.8) is 0 Å². The Labute approximate surface area is 179 Å². The van der Waals surface area contributed by atoms with Crippen LogP contribution >= 0.6 is 11.8 Å². The molecule has 0 atom stereocenters. The van der Waals surface area contributed by atoms with Gasteiger partial charge in [-0.3, -0.25) is 0 Å². The number of benzene rings is 2. The summed E-state index contributed by atoms with van der Waals surface area (Å²) in [6, 6.07) is 7.79. The van der Waals surface area contributed by atoms with Crippen molar-refractivity contribution >= 4 is 21.8 Å². The van der Waals surface area contributed by atoms with Crippen LogP contribution in [0.5, 0.6) is 5.75 Å². The van der Waals surface area contributed by atoms with Gasteiger partial charge in [0.15, 0.2) is 17.3 Å². The average molecular weight is 473 g/mol. The first kappa shape index (κ1) is 21.7. The monoisotopic (exact) mass is 473 g/mol. The SMILES string of the molecule is COc1ccc2c(c1F)CSCc1c(C(F)(F)F)nn(-c3ccc(S(N)(=O)=O)cc3)c1-2. The summed E-state index contributed by atoms with van der Waals surface area (Å²) in [5, 5.41) is 8.87. The fraction of sp³-hybridized carbons (Fsp3) is 0.211. The number of sulfonamides is 1. The fourth-order valence-electron chi connectivity index (χ4n) is 3.43. The van der Waals surface area contributed by atoms with Gasteiger partial charge < -0.3 is 4.74 Å². The Bertz CT molecular complexity index is 1270. The molecule has 6 nitrogen and oxygen atoms in total. The lowest BCUT2D eigenvalue weighted by Crippen LogP contribution is -2.12. The zero-order valence-corrected chi connectivity index (χ0v) is 17.5. The Morgan fingerprint density at radius 1 is 1.10 bits per heavy atom. The third-order valence-electron chi connectivity index (χ3n) is 4.84. The average Bonchev–Trinajstić information content (AvgIpc) is 2.98. The van der Waals surface area contributed by atoms with Gasteiger partial charge in [0.25, 0.3) is 0 Å². The zero-order valence-electron chi connectivity index (χ0n) is 15.9. The maximum absolute atomic E-state index is 14.9. The van der Waals surface area contributed by atoms with E-state index in [1.165, 1.54) is 43.5 Å². The number of methoxy groups -OCH3 is 1. The van der Waals surface area contributed by atoms with Gasteiger partial charge >= 0.3 is 6.18 Å². The second-order valence-electron chi connectivity index (χ2n) is 6.72. The van der Waals surface area contributed by atoms with Gasteiger partial charge in [-0.1, -0.05) is 0 Å². The van der Waals surface area contributed by atoms with Crippen LogP contribution < -0.4 is 9.88 Å². The van der Waals surface area contributed by atoms with E-state index in [0.717, 1.165) is 16.4 Å². The number of primary sulfonamides is 1. The van der Waals surface area contributed by atoms with Crippen LogP contribution in [0.2, 0.25) is 0 Å². The van der Waals surface area contributed by atoms with Crippen LogP contribution in [0.25, 0.3) is 16.9 Å². The summed E-state index contributed by atoms with van der Waals surface area (Å²) >= 11 is 1.13. The fourth-order valence-corrected chi connectivity index (χ4v) is 5.01. The van der Waals surface area contributed by atoms with Crippen molar-refractivity contribution in [3.05, 3.63) is 59.0 Å². The highest BCUT2D eigenvalue weighted by Crippen LogP contribution is 2.45. The molecule has 0 fully saturated rings. The molecule has 2 aromatic carbocycles. The number of halogens is 4. The first-order chi connectivity index (χ1) is 14.5. The smallest absolute Gasteiger partial charge is 0.435 e. The number of nitrogens with two attached hydrogens (primary N) is 1. The number of alkyl halides is 3. The largest absolute Gasteiger partial charge is 0.494 e. The molecule has 0 saturated carbocycles. The highest BCUT2D eigenvalue weighted by atomic mass is 32.2. The van der Waals surface area contributed by atoms with Crippen molar-refractivity contribution < 1.29 is 30.7 Å². The molecule has 0 radical (unpaired) electrons. The second kappa shape index (κ2) is 7.53. The van der Waals surface area contributed by atoms with E-state index in [4.69, 9.17) is 9.88 Å². The Hall–Kier alpha value is -2.57. The molecule has 12 heteroatoms. The van der Waals surface area contributed by atoms with Crippen molar-refractivity contribution in [2.75, 3.05) is 7.11 Å². The predicted molar refractivity (Wildman–Crippen MR) is 107 cm³/mol. The van der Waals surface area contributed by atoms with Crippen LogP contribution in [0.4, 0.5) is 17.6 Å². The molecule has 0 aliphatic carbocycles. The lowest BCUT2D eigenvalue weighted by molar-refractivity contribution is -0.141. The summed E-state index contributed by atoms with van der Waals surface area (Å²) in [6.45, 7) is 0. The van der Waals surface area contributed by atoms with E-state index in [9.17, 15) is 26.0 Å². The molecule has 0 unspecified atom stereocenters. The number of thioether (sulfide) groups is 1. The number of hydrogen-bond donors (Lipinski definition) is 1. The molecule has 31 heavy (non-hydrogen) atoms. The second-order valence-corrected chi connectivity index (χ2v) is 9.27. The van der Waals surface area contributed by atoms with Crippen molar-refractivity contribution in [2.45, 2.75) is 22.6 Å². The summed E-state index contributed by atoms with van der Waals surface area (Å²) in [7, 11) is -2.68. The first-order valence-corrected chi connectivity index (χ1v) is 11.5. The molecular formula is C19H15F4N3O3S2. The van der Waals surface area contributed by atoms with Crippen LogP contribution in [0, 0.1) is 5.82 Å². The molecule has 0 spiro atoms. The highest BCUT2D eigenvalue weighted by molar-refractivity contribution is 7.97. The van der Waals surface area contributed by atoms with E-state index >= 15 is 0 Å². The third-order valence-corrected chi connectivity index (χ3v) is 6.75. The maximum atomic E-state index is 14.9. The number of hydrogen-bond acceptors (Lipinski definition) is 5. The van der Waals surface area contributed by atoms with Crippen LogP contribution in [-0.4, -0.2) is 25.3 Å². The molecule has 4 rings (SSSR count). The summed E-state index contributed by atoms with van der Waals surface area (Å²) in [4.78, 5) is -0.197. The number of ether oxygens (including phenoxy) is 1. The summed E-state index contributed by atoms with van der Waals surface area (Å²) in [6.07, 6.45) is -4.73. The molecule has 2 N–H and O–H groups in total. The standard InChI is InChI=1S/C19H15F4N3O3S2/c1-29-15-7-6-12-13(16(15)20)8-30-9-14-17(12)26(25-18(14)19(21,22)23)10-2-4-11(5-3-10)31(24,27)28/h2-7H,8-9H2,1H3,(H2,24,27,28). The minimum atomic E-state index is -4.73. The molecule has 1 aromatic heterocycles. The Morgan fingerprint density at radius 3 is 2.32 bits per heavy atom. The van der Waals surface area contributed by atoms with Crippen molar-refractivity contribution in [1.29, 1.82) is 0 Å². The third kappa shape index (κ3) is 3.79. The number of fused-ring (bicyclic) bond motifs is 3. The molecular weight excluding hydrogens is 458 g/mol. The molecule has 2 heterocycles. The number of rotatable bonds is 3. The maximum Gasteiger partial charge on any atom is 0.435 e. The normalized spacial score (nSPS) is 14.0. The minimum absolute atomic E-state index is 0.0117. The zero-order chi connectivity index (χ0) is 22.6. The van der Waals surface area contributed by atoms with E-state index < -0.39 is 27.7 Å². The molecule has 0 saturated heterocycles. The van der Waals surface area contributed by atoms with Gasteiger partial charge in [-0.15, -0.1) is 0 Å². The van der Waals surface area contributed by atoms with Gasteiger partial charge in [-0.25, -0.2) is 22.6 Å². The quantitative estimate of drug-likeness (QED) is 0.579. The summed E-state index contributed by atoms with van der Waals surface area (Å²) in [5.74, 6) is -0.543. The van der Waals surface area contributed by atoms with Crippen LogP contribution in [-0.2, 0) is 27.7 Å². The van der Waals surface area contributed by atoms with Gasteiger partial charge in [-0.05, 0) is 36.4 Å². The van der Waals surface area contributed by atoms with Gasteiger partial charge in [0, 0.05) is 28.2 Å². The van der Waals surface area contributed by atoms with Gasteiger partial charge in [-0.2, -0.15) is 30.0 Å². The Morgan fingerprint density at radius 2 is 1.74 bits per heavy atom. The molecule has 164 valence electrons. The molecule has 1 aliphatic rings. The van der Waals surface area contributed by atoms with E-state index in [1.54, 1.807) is 0 Å². The Balaban J connectivity index is 2.01. The van der Waals surface area contributed by atoms with Crippen LogP contribution in [0.15, 0.2) is 41.3 Å². The summed E-state index contributed by atoms with van der Waals surface area (Å²) in [5.41, 5.74) is -0.410. The van der Waals surface area contributed by atoms with E-state index in [0.29, 0.717) is 0 Å². The minimum Gasteiger partial charge on any atom is -0.494 e. The number of aromatic nitrogens is 2. The molecule has 1 aliphatic heterocycles. The number of nitrogens with zero attached hydrogens (tertiary/aromatic N) is 2. The summed E-state index contributed by atoms with van der Waals surface area (Å²) < 4.78 is 85.3. The van der Waals surface area contributed by atoms with E-state index in [1.807, 2.05) is 0 Å². The lowest BCUT2D eigenvalue weighted by atomic mass is 10.0. The van der Waals surface area contributed by atoms with Crippen LogP contribution in [0.1, 0.15) is 16.8 Å². The van der Waals surface area contributed by atoms with E-state index in [-0.39, 0.29) is 50.2 Å². The Kier molecular flexibility index (Phi) is 5.26. The topological polar surface area (TPSA) is 87.2 Å². The van der Waals surface area contributed by atoms with Crippen LogP contribution in [0.3, 0.4) is 0 Å². The molecule has 0 amide bonds. The van der Waals surface area contributed by atoms with Crippen molar-refractivity contribution in [2.24, 2.45) is 5.14 Å². The van der Waals surface area contributed by atoms with Crippen molar-refractivity contribution in [3.8, 4) is 22.7 Å². The van der Waals surface area contributed by atoms with Crippen molar-refractivity contribution in [1.82, 2.24) is 9.78 Å². The van der Waals surface area contributed by atoms with E-state index in [2.05, 4.69) is 5.10 Å². The predicted octanol–water partition coefficient (Wildman–Crippen LogP) is 4.10. The van der Waals surface area contributed by atoms with Gasteiger partial charge in [0.1, 0.15) is 0 Å². The molecule has 3 aromatic rings. The lowest BCUT2D eigenvalue weighted by Gasteiger charge is -2.14. The highest BCUT2D eigenvalue weighted by Gasteiger charge is 2.41. The van der Waals surface area contributed by atoms with Gasteiger partial charge in [0.05, 0.1) is 23.4 Å². The molecule has 0 bridgehead atoms. The first-order valence-electron chi connectivity index (χ1n) is 8.78.